The van der Waals surface area contributed by atoms with Gasteiger partial charge in [-0.05, 0) is 31.6 Å². The fraction of sp³-hybridized carbons (Fsp3) is 0.765. The summed E-state index contributed by atoms with van der Waals surface area (Å²) in [6.07, 6.45) is 7.58. The Morgan fingerprint density at radius 3 is 2.81 bits per heavy atom. The van der Waals surface area contributed by atoms with Crippen molar-refractivity contribution in [2.45, 2.75) is 32.7 Å². The van der Waals surface area contributed by atoms with E-state index in [2.05, 4.69) is 33.6 Å². The molecule has 2 saturated heterocycles. The molecular weight excluding hydrogens is 465 g/mol. The van der Waals surface area contributed by atoms with Gasteiger partial charge >= 0.3 is 0 Å². The summed E-state index contributed by atoms with van der Waals surface area (Å²) < 4.78 is 25.5. The number of sulfone groups is 1. The van der Waals surface area contributed by atoms with E-state index < -0.39 is 9.84 Å². The molecule has 1 N–H and O–H groups in total. The molecule has 0 aliphatic carbocycles. The Bertz CT molecular complexity index is 692. The third kappa shape index (κ3) is 5.34. The maximum atomic E-state index is 11.6. The fourth-order valence-corrected chi connectivity index (χ4v) is 5.60. The average Bonchev–Trinajstić information content (AvgIpc) is 3.21. The Balaban J connectivity index is 0.00000243. The first-order chi connectivity index (χ1) is 12.0. The third-order valence-corrected chi connectivity index (χ3v) is 7.12. The van der Waals surface area contributed by atoms with Crippen molar-refractivity contribution in [1.82, 2.24) is 19.8 Å². The predicted octanol–water partition coefficient (Wildman–Crippen LogP) is 1.78. The minimum Gasteiger partial charge on any atom is -0.357 e. The first-order valence-corrected chi connectivity index (χ1v) is 11.0. The van der Waals surface area contributed by atoms with Crippen LogP contribution in [0.15, 0.2) is 23.7 Å². The highest BCUT2D eigenvalue weighted by Crippen LogP contribution is 2.27. The van der Waals surface area contributed by atoms with Crippen LogP contribution in [0.4, 0.5) is 0 Å². The molecule has 148 valence electrons. The summed E-state index contributed by atoms with van der Waals surface area (Å²) in [6, 6.07) is 0.381. The maximum absolute atomic E-state index is 11.6. The molecule has 3 atom stereocenters. The standard InChI is InChI=1S/C17H29N5O2S.HI/c1-3-19-17(20-10-15-5-9-25(23,24)12-15)21-7-4-14(2)16(11-21)22-8-6-18-13-22;/h6,8,13-16H,3-5,7,9-12H2,1-2H3,(H,19,20);1H. The minimum atomic E-state index is -2.84. The average molecular weight is 495 g/mol. The topological polar surface area (TPSA) is 79.6 Å². The maximum Gasteiger partial charge on any atom is 0.193 e. The first kappa shape index (κ1) is 21.5. The van der Waals surface area contributed by atoms with Gasteiger partial charge in [0.1, 0.15) is 0 Å². The summed E-state index contributed by atoms with van der Waals surface area (Å²) in [5.74, 6) is 2.25. The van der Waals surface area contributed by atoms with Gasteiger partial charge in [0.15, 0.2) is 15.8 Å². The lowest BCUT2D eigenvalue weighted by molar-refractivity contribution is 0.189. The Labute approximate surface area is 173 Å². The zero-order valence-corrected chi connectivity index (χ0v) is 18.7. The molecule has 26 heavy (non-hydrogen) atoms. The van der Waals surface area contributed by atoms with Gasteiger partial charge < -0.3 is 14.8 Å². The number of aliphatic imine (C=N–C) groups is 1. The van der Waals surface area contributed by atoms with E-state index in [4.69, 9.17) is 4.99 Å². The van der Waals surface area contributed by atoms with E-state index in [1.807, 2.05) is 18.7 Å². The predicted molar refractivity (Wildman–Crippen MR) is 115 cm³/mol. The second kappa shape index (κ2) is 9.38. The van der Waals surface area contributed by atoms with E-state index in [1.165, 1.54) is 0 Å². The molecule has 2 aliphatic heterocycles. The number of aromatic nitrogens is 2. The van der Waals surface area contributed by atoms with Crippen molar-refractivity contribution in [2.75, 3.05) is 37.7 Å². The van der Waals surface area contributed by atoms with E-state index in [-0.39, 0.29) is 35.6 Å². The number of guanidine groups is 1. The fourth-order valence-electron chi connectivity index (χ4n) is 3.75. The van der Waals surface area contributed by atoms with Gasteiger partial charge in [-0.15, -0.1) is 24.0 Å². The van der Waals surface area contributed by atoms with Crippen molar-refractivity contribution in [3.8, 4) is 0 Å². The van der Waals surface area contributed by atoms with Crippen LogP contribution < -0.4 is 5.32 Å². The van der Waals surface area contributed by atoms with Gasteiger partial charge in [0.2, 0.25) is 0 Å². The molecule has 3 heterocycles. The monoisotopic (exact) mass is 495 g/mol. The van der Waals surface area contributed by atoms with Gasteiger partial charge in [0.25, 0.3) is 0 Å². The van der Waals surface area contributed by atoms with Crippen molar-refractivity contribution in [1.29, 1.82) is 0 Å². The van der Waals surface area contributed by atoms with Gasteiger partial charge in [-0.25, -0.2) is 13.4 Å². The van der Waals surface area contributed by atoms with Gasteiger partial charge in [-0.1, -0.05) is 6.92 Å². The molecule has 2 fully saturated rings. The highest BCUT2D eigenvalue weighted by Gasteiger charge is 2.30. The second-order valence-corrected chi connectivity index (χ2v) is 9.48. The number of piperidine rings is 1. The van der Waals surface area contributed by atoms with Crippen LogP contribution in [0, 0.1) is 11.8 Å². The van der Waals surface area contributed by atoms with Crippen LogP contribution in [0.1, 0.15) is 32.7 Å². The van der Waals surface area contributed by atoms with Crippen LogP contribution in [-0.4, -0.2) is 66.5 Å². The molecule has 0 spiro atoms. The van der Waals surface area contributed by atoms with Crippen LogP contribution >= 0.6 is 24.0 Å². The van der Waals surface area contributed by atoms with Crippen molar-refractivity contribution in [2.24, 2.45) is 16.8 Å². The normalized spacial score (nSPS) is 28.6. The number of nitrogens with one attached hydrogen (secondary N) is 1. The SMILES string of the molecule is CCNC(=NCC1CCS(=O)(=O)C1)N1CCC(C)C(n2ccnc2)C1.I. The summed E-state index contributed by atoms with van der Waals surface area (Å²) in [7, 11) is -2.84. The molecule has 9 heteroatoms. The molecular formula is C17H30IN5O2S. The van der Waals surface area contributed by atoms with Crippen molar-refractivity contribution < 1.29 is 8.42 Å². The molecule has 1 aromatic rings. The lowest BCUT2D eigenvalue weighted by Crippen LogP contribution is -2.49. The Kier molecular flexibility index (Phi) is 7.75. The number of hydrogen-bond acceptors (Lipinski definition) is 4. The zero-order valence-electron chi connectivity index (χ0n) is 15.5. The number of halogens is 1. The summed E-state index contributed by atoms with van der Waals surface area (Å²) in [5.41, 5.74) is 0. The lowest BCUT2D eigenvalue weighted by atomic mass is 9.93. The van der Waals surface area contributed by atoms with E-state index in [1.54, 1.807) is 0 Å². The molecule has 0 aromatic carbocycles. The smallest absolute Gasteiger partial charge is 0.193 e. The molecule has 0 saturated carbocycles. The Morgan fingerprint density at radius 1 is 1.38 bits per heavy atom. The second-order valence-electron chi connectivity index (χ2n) is 7.25. The van der Waals surface area contributed by atoms with Crippen LogP contribution in [0.5, 0.6) is 0 Å². The molecule has 0 radical (unpaired) electrons. The van der Waals surface area contributed by atoms with Gasteiger partial charge in [-0.2, -0.15) is 0 Å². The summed E-state index contributed by atoms with van der Waals surface area (Å²) in [5, 5.41) is 3.38. The van der Waals surface area contributed by atoms with E-state index in [9.17, 15) is 8.42 Å². The molecule has 0 bridgehead atoms. The van der Waals surface area contributed by atoms with Gasteiger partial charge in [0.05, 0.1) is 23.9 Å². The number of imidazole rings is 1. The van der Waals surface area contributed by atoms with Crippen LogP contribution in [0.25, 0.3) is 0 Å². The third-order valence-electron chi connectivity index (χ3n) is 5.29. The summed E-state index contributed by atoms with van der Waals surface area (Å²) in [6.45, 7) is 7.62. The molecule has 1 aromatic heterocycles. The van der Waals surface area contributed by atoms with Gasteiger partial charge in [-0.3, -0.25) is 4.99 Å². The van der Waals surface area contributed by atoms with Crippen LogP contribution in [0.2, 0.25) is 0 Å². The molecule has 0 amide bonds. The summed E-state index contributed by atoms with van der Waals surface area (Å²) in [4.78, 5) is 11.3. The molecule has 3 unspecified atom stereocenters. The molecule has 2 aliphatic rings. The van der Waals surface area contributed by atoms with E-state index >= 15 is 0 Å². The first-order valence-electron chi connectivity index (χ1n) is 9.19. The highest BCUT2D eigenvalue weighted by molar-refractivity contribution is 14.0. The van der Waals surface area contributed by atoms with Crippen molar-refractivity contribution in [3.05, 3.63) is 18.7 Å². The summed E-state index contributed by atoms with van der Waals surface area (Å²) >= 11 is 0. The van der Waals surface area contributed by atoms with E-state index in [0.29, 0.717) is 24.3 Å². The lowest BCUT2D eigenvalue weighted by Gasteiger charge is -2.39. The number of rotatable bonds is 4. The quantitative estimate of drug-likeness (QED) is 0.392. The number of nitrogens with zero attached hydrogens (tertiary/aromatic N) is 4. The largest absolute Gasteiger partial charge is 0.357 e. The molecule has 7 nitrogen and oxygen atoms in total. The van der Waals surface area contributed by atoms with Crippen LogP contribution in [0.3, 0.4) is 0 Å². The van der Waals surface area contributed by atoms with E-state index in [0.717, 1.165) is 38.4 Å². The van der Waals surface area contributed by atoms with Crippen molar-refractivity contribution >= 4 is 39.8 Å². The Morgan fingerprint density at radius 2 is 2.19 bits per heavy atom. The van der Waals surface area contributed by atoms with Crippen molar-refractivity contribution in [3.63, 3.8) is 0 Å². The zero-order chi connectivity index (χ0) is 17.9. The number of likely N-dealkylation sites (tertiary alicyclic amines) is 1. The highest BCUT2D eigenvalue weighted by atomic mass is 127. The number of hydrogen-bond donors (Lipinski definition) is 1. The Hall–Kier alpha value is -0.840. The minimum absolute atomic E-state index is 0. The van der Waals surface area contributed by atoms with Gasteiger partial charge in [0, 0.05) is 38.6 Å². The van der Waals surface area contributed by atoms with Crippen LogP contribution in [-0.2, 0) is 9.84 Å². The molecule has 3 rings (SSSR count).